The third-order valence-electron chi connectivity index (χ3n) is 4.48. The van der Waals surface area contributed by atoms with Crippen LogP contribution in [0.25, 0.3) is 0 Å². The van der Waals surface area contributed by atoms with Gasteiger partial charge in [-0.05, 0) is 32.6 Å². The normalized spacial score (nSPS) is 25.9. The molecule has 0 aromatic carbocycles. The lowest BCUT2D eigenvalue weighted by atomic mass is 10.1. The molecule has 0 spiro atoms. The van der Waals surface area contributed by atoms with Gasteiger partial charge < -0.3 is 15.4 Å². The summed E-state index contributed by atoms with van der Waals surface area (Å²) in [6, 6.07) is 0.229. The highest BCUT2D eigenvalue weighted by Gasteiger charge is 2.31. The molecule has 1 saturated heterocycles. The van der Waals surface area contributed by atoms with E-state index in [4.69, 9.17) is 10.5 Å². The second kappa shape index (κ2) is 8.85. The van der Waals surface area contributed by atoms with E-state index >= 15 is 0 Å². The SMILES string of the molecule is CC(OC1CCCCCC1)C(=O)N1CCCC1CN.Cl. The lowest BCUT2D eigenvalue weighted by Gasteiger charge is -2.28. The van der Waals surface area contributed by atoms with Crippen LogP contribution >= 0.6 is 12.4 Å². The Morgan fingerprint density at radius 3 is 2.45 bits per heavy atom. The summed E-state index contributed by atoms with van der Waals surface area (Å²) in [5.41, 5.74) is 5.73. The highest BCUT2D eigenvalue weighted by Crippen LogP contribution is 2.23. The quantitative estimate of drug-likeness (QED) is 0.812. The number of hydrogen-bond donors (Lipinski definition) is 1. The largest absolute Gasteiger partial charge is 0.365 e. The van der Waals surface area contributed by atoms with Crippen molar-refractivity contribution in [3.63, 3.8) is 0 Å². The molecule has 0 bridgehead atoms. The van der Waals surface area contributed by atoms with Gasteiger partial charge in [0.2, 0.25) is 0 Å². The number of carbonyl (C=O) groups is 1. The minimum atomic E-state index is -0.310. The molecule has 0 aromatic heterocycles. The van der Waals surface area contributed by atoms with Crippen LogP contribution in [0.3, 0.4) is 0 Å². The van der Waals surface area contributed by atoms with E-state index in [9.17, 15) is 4.79 Å². The molecule has 2 atom stereocenters. The van der Waals surface area contributed by atoms with E-state index in [0.29, 0.717) is 6.54 Å². The summed E-state index contributed by atoms with van der Waals surface area (Å²) >= 11 is 0. The van der Waals surface area contributed by atoms with Crippen LogP contribution in [0.5, 0.6) is 0 Å². The minimum absolute atomic E-state index is 0. The Balaban J connectivity index is 0.00000200. The second-order valence-electron chi connectivity index (χ2n) is 5.96. The van der Waals surface area contributed by atoms with Crippen LogP contribution in [0.1, 0.15) is 58.3 Å². The van der Waals surface area contributed by atoms with Crippen LogP contribution in [-0.4, -0.2) is 42.1 Å². The molecule has 2 aliphatic rings. The van der Waals surface area contributed by atoms with Gasteiger partial charge in [0.05, 0.1) is 6.10 Å². The third-order valence-corrected chi connectivity index (χ3v) is 4.48. The van der Waals surface area contributed by atoms with E-state index in [0.717, 1.165) is 32.2 Å². The molecule has 1 aliphatic heterocycles. The van der Waals surface area contributed by atoms with Crippen LogP contribution in [0.2, 0.25) is 0 Å². The molecule has 0 radical (unpaired) electrons. The summed E-state index contributed by atoms with van der Waals surface area (Å²) in [6.07, 6.45) is 9.39. The van der Waals surface area contributed by atoms with Gasteiger partial charge in [-0.15, -0.1) is 12.4 Å². The molecule has 118 valence electrons. The molecular formula is C15H29ClN2O2. The maximum absolute atomic E-state index is 12.4. The van der Waals surface area contributed by atoms with Crippen molar-refractivity contribution in [3.8, 4) is 0 Å². The molecule has 0 aromatic rings. The summed E-state index contributed by atoms with van der Waals surface area (Å²) in [5.74, 6) is 0.136. The smallest absolute Gasteiger partial charge is 0.251 e. The maximum atomic E-state index is 12.4. The van der Waals surface area contributed by atoms with Crippen molar-refractivity contribution in [1.82, 2.24) is 4.90 Å². The van der Waals surface area contributed by atoms with Crippen LogP contribution in [0.15, 0.2) is 0 Å². The fraction of sp³-hybridized carbons (Fsp3) is 0.933. The molecule has 1 heterocycles. The number of halogens is 1. The lowest BCUT2D eigenvalue weighted by molar-refractivity contribution is -0.147. The van der Waals surface area contributed by atoms with Gasteiger partial charge in [-0.2, -0.15) is 0 Å². The zero-order valence-electron chi connectivity index (χ0n) is 12.6. The number of nitrogens with zero attached hydrogens (tertiary/aromatic N) is 1. The number of ether oxygens (including phenoxy) is 1. The summed E-state index contributed by atoms with van der Waals surface area (Å²) in [5, 5.41) is 0. The summed E-state index contributed by atoms with van der Waals surface area (Å²) in [7, 11) is 0. The average molecular weight is 305 g/mol. The number of carbonyl (C=O) groups excluding carboxylic acids is 1. The van der Waals surface area contributed by atoms with E-state index in [1.807, 2.05) is 11.8 Å². The standard InChI is InChI=1S/C15H28N2O2.ClH/c1-12(19-14-8-4-2-3-5-9-14)15(18)17-10-6-7-13(17)11-16;/h12-14H,2-11,16H2,1H3;1H. The second-order valence-corrected chi connectivity index (χ2v) is 5.96. The summed E-state index contributed by atoms with van der Waals surface area (Å²) < 4.78 is 6.01. The zero-order chi connectivity index (χ0) is 13.7. The Kier molecular flexibility index (Phi) is 7.85. The van der Waals surface area contributed by atoms with Gasteiger partial charge in [-0.25, -0.2) is 0 Å². The molecular weight excluding hydrogens is 276 g/mol. The molecule has 20 heavy (non-hydrogen) atoms. The highest BCUT2D eigenvalue weighted by atomic mass is 35.5. The summed E-state index contributed by atoms with van der Waals surface area (Å²) in [4.78, 5) is 14.4. The monoisotopic (exact) mass is 304 g/mol. The fourth-order valence-electron chi connectivity index (χ4n) is 3.33. The van der Waals surface area contributed by atoms with Crippen molar-refractivity contribution < 1.29 is 9.53 Å². The number of amides is 1. The Bertz CT molecular complexity index is 294. The molecule has 1 aliphatic carbocycles. The van der Waals surface area contributed by atoms with E-state index in [-0.39, 0.29) is 36.6 Å². The molecule has 5 heteroatoms. The molecule has 2 fully saturated rings. The van der Waals surface area contributed by atoms with Gasteiger partial charge in [0.25, 0.3) is 5.91 Å². The van der Waals surface area contributed by atoms with Gasteiger partial charge in [0.15, 0.2) is 0 Å². The van der Waals surface area contributed by atoms with Gasteiger partial charge >= 0.3 is 0 Å². The van der Waals surface area contributed by atoms with Crippen molar-refractivity contribution in [1.29, 1.82) is 0 Å². The van der Waals surface area contributed by atoms with Crippen LogP contribution in [-0.2, 0) is 9.53 Å². The first-order chi connectivity index (χ1) is 9.22. The first-order valence-electron chi connectivity index (χ1n) is 7.88. The third kappa shape index (κ3) is 4.61. The van der Waals surface area contributed by atoms with Crippen molar-refractivity contribution in [2.24, 2.45) is 5.73 Å². The average Bonchev–Trinajstić information content (AvgIpc) is 2.75. The molecule has 2 rings (SSSR count). The Morgan fingerprint density at radius 2 is 1.85 bits per heavy atom. The highest BCUT2D eigenvalue weighted by molar-refractivity contribution is 5.85. The number of hydrogen-bond acceptors (Lipinski definition) is 3. The van der Waals surface area contributed by atoms with E-state index in [2.05, 4.69) is 0 Å². The predicted molar refractivity (Wildman–Crippen MR) is 83.1 cm³/mol. The van der Waals surface area contributed by atoms with E-state index in [1.54, 1.807) is 0 Å². The zero-order valence-corrected chi connectivity index (χ0v) is 13.4. The first-order valence-corrected chi connectivity index (χ1v) is 7.88. The van der Waals surface area contributed by atoms with E-state index in [1.165, 1.54) is 25.7 Å². The number of rotatable bonds is 4. The van der Waals surface area contributed by atoms with Gasteiger partial charge in [0.1, 0.15) is 6.10 Å². The van der Waals surface area contributed by atoms with Crippen molar-refractivity contribution in [2.75, 3.05) is 13.1 Å². The van der Waals surface area contributed by atoms with Crippen molar-refractivity contribution in [2.45, 2.75) is 76.5 Å². The molecule has 1 amide bonds. The van der Waals surface area contributed by atoms with Gasteiger partial charge in [-0.1, -0.05) is 25.7 Å². The van der Waals surface area contributed by atoms with Gasteiger partial charge in [0, 0.05) is 19.1 Å². The number of nitrogens with two attached hydrogens (primary N) is 1. The Hall–Kier alpha value is -0.320. The molecule has 1 saturated carbocycles. The van der Waals surface area contributed by atoms with Crippen LogP contribution in [0.4, 0.5) is 0 Å². The Morgan fingerprint density at radius 1 is 1.20 bits per heavy atom. The number of likely N-dealkylation sites (tertiary alicyclic amines) is 1. The first kappa shape index (κ1) is 17.7. The lowest BCUT2D eigenvalue weighted by Crippen LogP contribution is -2.45. The molecule has 2 N–H and O–H groups in total. The summed E-state index contributed by atoms with van der Waals surface area (Å²) in [6.45, 7) is 3.32. The van der Waals surface area contributed by atoms with Crippen molar-refractivity contribution in [3.05, 3.63) is 0 Å². The van der Waals surface area contributed by atoms with E-state index < -0.39 is 0 Å². The van der Waals surface area contributed by atoms with Crippen LogP contribution in [0, 0.1) is 0 Å². The molecule has 4 nitrogen and oxygen atoms in total. The maximum Gasteiger partial charge on any atom is 0.251 e. The van der Waals surface area contributed by atoms with Gasteiger partial charge in [-0.3, -0.25) is 4.79 Å². The fourth-order valence-corrected chi connectivity index (χ4v) is 3.33. The topological polar surface area (TPSA) is 55.6 Å². The molecule has 2 unspecified atom stereocenters. The van der Waals surface area contributed by atoms with Crippen LogP contribution < -0.4 is 5.73 Å². The Labute approximate surface area is 128 Å². The predicted octanol–water partition coefficient (Wildman–Crippen LogP) is 2.49. The van der Waals surface area contributed by atoms with Crippen molar-refractivity contribution >= 4 is 18.3 Å². The minimum Gasteiger partial charge on any atom is -0.365 e.